The Morgan fingerprint density at radius 2 is 2.00 bits per heavy atom. The van der Waals surface area contributed by atoms with Gasteiger partial charge in [-0.25, -0.2) is 0 Å². The van der Waals surface area contributed by atoms with Gasteiger partial charge in [-0.3, -0.25) is 4.79 Å². The first kappa shape index (κ1) is 11.2. The van der Waals surface area contributed by atoms with E-state index in [9.17, 15) is 4.79 Å². The number of carbonyl (C=O) groups excluding carboxylic acids is 1. The van der Waals surface area contributed by atoms with Crippen LogP contribution >= 0.6 is 0 Å². The highest BCUT2D eigenvalue weighted by Crippen LogP contribution is 2.22. The molecule has 0 aromatic rings. The lowest BCUT2D eigenvalue weighted by Crippen LogP contribution is -2.33. The number of carbonyl (C=O) groups is 1. The fraction of sp³-hybridized carbons (Fsp3) is 0.667. The average molecular weight is 170 g/mol. The molecule has 0 fully saturated rings. The minimum atomic E-state index is -0.168. The molecule has 0 saturated carbocycles. The fourth-order valence-electron chi connectivity index (χ4n) is 0.633. The number of amides is 1. The molecule has 12 heavy (non-hydrogen) atoms. The maximum absolute atomic E-state index is 11.3. The van der Waals surface area contributed by atoms with Gasteiger partial charge in [0.05, 0.1) is 0 Å². The lowest BCUT2D eigenvalue weighted by molar-refractivity contribution is -0.118. The van der Waals surface area contributed by atoms with Crippen LogP contribution < -0.4 is 11.1 Å². The Labute approximate surface area is 74.0 Å². The summed E-state index contributed by atoms with van der Waals surface area (Å²) in [6.45, 7) is 10.6. The van der Waals surface area contributed by atoms with Crippen LogP contribution in [0.25, 0.3) is 0 Å². The number of nitrogens with two attached hydrogens (primary N) is 1. The van der Waals surface area contributed by atoms with E-state index in [0.717, 1.165) is 0 Å². The van der Waals surface area contributed by atoms with Crippen LogP contribution in [0.5, 0.6) is 0 Å². The first-order valence-electron chi connectivity index (χ1n) is 4.07. The van der Waals surface area contributed by atoms with Gasteiger partial charge >= 0.3 is 0 Å². The molecule has 0 aliphatic carbocycles. The molecule has 0 aliphatic rings. The van der Waals surface area contributed by atoms with Gasteiger partial charge in [0.2, 0.25) is 5.91 Å². The Kier molecular flexibility index (Phi) is 3.96. The van der Waals surface area contributed by atoms with E-state index in [1.54, 1.807) is 0 Å². The molecule has 1 amide bonds. The molecular weight excluding hydrogens is 152 g/mol. The van der Waals surface area contributed by atoms with Crippen LogP contribution in [0.3, 0.4) is 0 Å². The van der Waals surface area contributed by atoms with E-state index in [4.69, 9.17) is 5.73 Å². The first-order chi connectivity index (χ1) is 5.39. The number of hydrogen-bond donors (Lipinski definition) is 2. The zero-order valence-corrected chi connectivity index (χ0v) is 8.11. The van der Waals surface area contributed by atoms with Crippen LogP contribution in [-0.4, -0.2) is 19.0 Å². The SMILES string of the molecule is C=C(C(=O)NCCN)C(C)(C)C. The minimum Gasteiger partial charge on any atom is -0.351 e. The van der Waals surface area contributed by atoms with E-state index < -0.39 is 0 Å². The summed E-state index contributed by atoms with van der Waals surface area (Å²) in [5, 5.41) is 2.68. The van der Waals surface area contributed by atoms with E-state index in [0.29, 0.717) is 18.7 Å². The molecular formula is C9H18N2O. The molecule has 3 heteroatoms. The van der Waals surface area contributed by atoms with Crippen molar-refractivity contribution in [2.45, 2.75) is 20.8 Å². The van der Waals surface area contributed by atoms with E-state index >= 15 is 0 Å². The van der Waals surface area contributed by atoms with Gasteiger partial charge in [0, 0.05) is 18.7 Å². The molecule has 0 bridgehead atoms. The summed E-state index contributed by atoms with van der Waals surface area (Å²) in [4.78, 5) is 11.3. The summed E-state index contributed by atoms with van der Waals surface area (Å²) < 4.78 is 0. The van der Waals surface area contributed by atoms with Gasteiger partial charge in [-0.05, 0) is 5.41 Å². The smallest absolute Gasteiger partial charge is 0.247 e. The summed E-state index contributed by atoms with van der Waals surface area (Å²) in [6, 6.07) is 0. The minimum absolute atomic E-state index is 0.104. The van der Waals surface area contributed by atoms with Crippen LogP contribution in [0.4, 0.5) is 0 Å². The average Bonchev–Trinajstić information content (AvgIpc) is 1.97. The quantitative estimate of drug-likeness (QED) is 0.611. The number of rotatable bonds is 3. The van der Waals surface area contributed by atoms with Crippen molar-refractivity contribution >= 4 is 5.91 Å². The Morgan fingerprint density at radius 1 is 1.50 bits per heavy atom. The Morgan fingerprint density at radius 3 is 2.33 bits per heavy atom. The van der Waals surface area contributed by atoms with E-state index in [1.807, 2.05) is 20.8 Å². The Hall–Kier alpha value is -0.830. The lowest BCUT2D eigenvalue weighted by Gasteiger charge is -2.20. The van der Waals surface area contributed by atoms with Crippen LogP contribution in [0, 0.1) is 5.41 Å². The molecule has 0 aromatic carbocycles. The van der Waals surface area contributed by atoms with Crippen molar-refractivity contribution in [3.8, 4) is 0 Å². The Balaban J connectivity index is 4.04. The molecule has 3 N–H and O–H groups in total. The standard InChI is InChI=1S/C9H18N2O/c1-7(9(2,3)4)8(12)11-6-5-10/h1,5-6,10H2,2-4H3,(H,11,12). The van der Waals surface area contributed by atoms with Gasteiger partial charge in [-0.2, -0.15) is 0 Å². The van der Waals surface area contributed by atoms with Gasteiger partial charge in [-0.1, -0.05) is 27.4 Å². The van der Waals surface area contributed by atoms with Crippen LogP contribution in [0.2, 0.25) is 0 Å². The number of nitrogens with one attached hydrogen (secondary N) is 1. The van der Waals surface area contributed by atoms with Gasteiger partial charge in [0.25, 0.3) is 0 Å². The maximum Gasteiger partial charge on any atom is 0.247 e. The molecule has 0 atom stereocenters. The second kappa shape index (κ2) is 4.26. The molecule has 0 aliphatic heterocycles. The second-order valence-corrected chi connectivity index (χ2v) is 3.77. The monoisotopic (exact) mass is 170 g/mol. The predicted octanol–water partition coefficient (Wildman–Crippen LogP) is 0.664. The van der Waals surface area contributed by atoms with Crippen molar-refractivity contribution in [1.29, 1.82) is 0 Å². The van der Waals surface area contributed by atoms with Crippen molar-refractivity contribution in [2.24, 2.45) is 11.1 Å². The van der Waals surface area contributed by atoms with Gasteiger partial charge < -0.3 is 11.1 Å². The molecule has 70 valence electrons. The van der Waals surface area contributed by atoms with Crippen LogP contribution in [0.15, 0.2) is 12.2 Å². The maximum atomic E-state index is 11.3. The third-order valence-electron chi connectivity index (χ3n) is 1.61. The summed E-state index contributed by atoms with van der Waals surface area (Å²) in [6.07, 6.45) is 0. The molecule has 0 unspecified atom stereocenters. The molecule has 3 nitrogen and oxygen atoms in total. The number of hydrogen-bond acceptors (Lipinski definition) is 2. The van der Waals surface area contributed by atoms with Crippen molar-refractivity contribution in [1.82, 2.24) is 5.32 Å². The first-order valence-corrected chi connectivity index (χ1v) is 4.07. The summed E-state index contributed by atoms with van der Waals surface area (Å²) >= 11 is 0. The van der Waals surface area contributed by atoms with Gasteiger partial charge in [0.15, 0.2) is 0 Å². The lowest BCUT2D eigenvalue weighted by atomic mass is 9.87. The zero-order valence-electron chi connectivity index (χ0n) is 8.11. The largest absolute Gasteiger partial charge is 0.351 e. The summed E-state index contributed by atoms with van der Waals surface area (Å²) in [7, 11) is 0. The van der Waals surface area contributed by atoms with E-state index in [1.165, 1.54) is 0 Å². The third-order valence-corrected chi connectivity index (χ3v) is 1.61. The van der Waals surface area contributed by atoms with Crippen LogP contribution in [-0.2, 0) is 4.79 Å². The highest BCUT2D eigenvalue weighted by Gasteiger charge is 2.20. The van der Waals surface area contributed by atoms with Gasteiger partial charge in [0.1, 0.15) is 0 Å². The van der Waals surface area contributed by atoms with Crippen molar-refractivity contribution in [3.63, 3.8) is 0 Å². The molecule has 0 aromatic heterocycles. The molecule has 0 saturated heterocycles. The van der Waals surface area contributed by atoms with E-state index in [-0.39, 0.29) is 11.3 Å². The molecule has 0 spiro atoms. The Bertz CT molecular complexity index is 179. The predicted molar refractivity (Wildman–Crippen MR) is 50.7 cm³/mol. The molecule has 0 radical (unpaired) electrons. The summed E-state index contributed by atoms with van der Waals surface area (Å²) in [5.74, 6) is -0.104. The van der Waals surface area contributed by atoms with Crippen molar-refractivity contribution in [3.05, 3.63) is 12.2 Å². The van der Waals surface area contributed by atoms with Gasteiger partial charge in [-0.15, -0.1) is 0 Å². The highest BCUT2D eigenvalue weighted by molar-refractivity contribution is 5.93. The summed E-state index contributed by atoms with van der Waals surface area (Å²) in [5.41, 5.74) is 5.67. The highest BCUT2D eigenvalue weighted by atomic mass is 16.1. The molecule has 0 rings (SSSR count). The van der Waals surface area contributed by atoms with Crippen molar-refractivity contribution in [2.75, 3.05) is 13.1 Å². The van der Waals surface area contributed by atoms with Crippen molar-refractivity contribution < 1.29 is 4.79 Å². The van der Waals surface area contributed by atoms with E-state index in [2.05, 4.69) is 11.9 Å². The van der Waals surface area contributed by atoms with Crippen LogP contribution in [0.1, 0.15) is 20.8 Å². The third kappa shape index (κ3) is 3.53. The fourth-order valence-corrected chi connectivity index (χ4v) is 0.633. The molecule has 0 heterocycles. The zero-order chi connectivity index (χ0) is 9.78. The topological polar surface area (TPSA) is 55.1 Å². The second-order valence-electron chi connectivity index (χ2n) is 3.77. The normalized spacial score (nSPS) is 11.0.